The summed E-state index contributed by atoms with van der Waals surface area (Å²) in [6.45, 7) is 14.6. The lowest BCUT2D eigenvalue weighted by Crippen LogP contribution is -2.54. The Morgan fingerprint density at radius 1 is 1.29 bits per heavy atom. The molecule has 1 unspecified atom stereocenters. The number of rotatable bonds is 7. The van der Waals surface area contributed by atoms with E-state index in [4.69, 9.17) is 0 Å². The van der Waals surface area contributed by atoms with Crippen LogP contribution in [0.3, 0.4) is 0 Å². The van der Waals surface area contributed by atoms with Crippen LogP contribution in [0, 0.1) is 11.3 Å². The SMILES string of the molecule is C=CCNC(=O)C(C(C)C)N(CC(C)(C)C)C(=O)c1ccncc1. The van der Waals surface area contributed by atoms with Gasteiger partial charge in [-0.2, -0.15) is 0 Å². The van der Waals surface area contributed by atoms with Crippen molar-refractivity contribution in [3.05, 3.63) is 42.7 Å². The highest BCUT2D eigenvalue weighted by Gasteiger charge is 2.35. The molecule has 1 aromatic rings. The Hall–Kier alpha value is -2.17. The molecule has 0 aliphatic carbocycles. The van der Waals surface area contributed by atoms with Crippen molar-refractivity contribution in [1.29, 1.82) is 0 Å². The molecule has 5 heteroatoms. The molecule has 1 atom stereocenters. The van der Waals surface area contributed by atoms with Crippen LogP contribution >= 0.6 is 0 Å². The van der Waals surface area contributed by atoms with Gasteiger partial charge in [-0.05, 0) is 23.5 Å². The molecule has 0 aromatic carbocycles. The van der Waals surface area contributed by atoms with Crippen molar-refractivity contribution < 1.29 is 9.59 Å². The van der Waals surface area contributed by atoms with E-state index >= 15 is 0 Å². The van der Waals surface area contributed by atoms with E-state index in [9.17, 15) is 9.59 Å². The number of hydrogen-bond donors (Lipinski definition) is 1. The molecule has 0 spiro atoms. The third-order valence-corrected chi connectivity index (χ3v) is 3.49. The minimum Gasteiger partial charge on any atom is -0.351 e. The molecule has 0 saturated heterocycles. The summed E-state index contributed by atoms with van der Waals surface area (Å²) in [4.78, 5) is 31.3. The second kappa shape index (κ2) is 8.62. The van der Waals surface area contributed by atoms with E-state index in [1.54, 1.807) is 35.5 Å². The highest BCUT2D eigenvalue weighted by Crippen LogP contribution is 2.22. The molecule has 24 heavy (non-hydrogen) atoms. The third kappa shape index (κ3) is 5.80. The fourth-order valence-corrected chi connectivity index (χ4v) is 2.55. The topological polar surface area (TPSA) is 62.3 Å². The largest absolute Gasteiger partial charge is 0.351 e. The number of carbonyl (C=O) groups excluding carboxylic acids is 2. The van der Waals surface area contributed by atoms with Gasteiger partial charge in [-0.15, -0.1) is 6.58 Å². The summed E-state index contributed by atoms with van der Waals surface area (Å²) in [5.74, 6) is -0.320. The Kier molecular flexibility index (Phi) is 7.14. The van der Waals surface area contributed by atoms with Gasteiger partial charge < -0.3 is 10.2 Å². The number of aromatic nitrogens is 1. The van der Waals surface area contributed by atoms with Gasteiger partial charge in [0.05, 0.1) is 0 Å². The number of carbonyl (C=O) groups is 2. The van der Waals surface area contributed by atoms with E-state index in [0.717, 1.165) is 0 Å². The zero-order valence-corrected chi connectivity index (χ0v) is 15.4. The Morgan fingerprint density at radius 3 is 2.33 bits per heavy atom. The molecule has 1 N–H and O–H groups in total. The van der Waals surface area contributed by atoms with Crippen LogP contribution in [-0.4, -0.2) is 40.8 Å². The van der Waals surface area contributed by atoms with Crippen LogP contribution in [0.2, 0.25) is 0 Å². The minimum absolute atomic E-state index is 0.0112. The molecule has 1 heterocycles. The molecular weight excluding hydrogens is 302 g/mol. The third-order valence-electron chi connectivity index (χ3n) is 3.49. The maximum absolute atomic E-state index is 13.0. The summed E-state index contributed by atoms with van der Waals surface area (Å²) in [5, 5.41) is 2.82. The first-order valence-corrected chi connectivity index (χ1v) is 8.27. The molecule has 0 aliphatic heterocycles. The zero-order valence-electron chi connectivity index (χ0n) is 15.4. The van der Waals surface area contributed by atoms with Gasteiger partial charge in [-0.25, -0.2) is 0 Å². The maximum atomic E-state index is 13.0. The van der Waals surface area contributed by atoms with Crippen LogP contribution in [0.5, 0.6) is 0 Å². The first-order chi connectivity index (χ1) is 11.2. The molecule has 0 bridgehead atoms. The molecule has 0 radical (unpaired) electrons. The second-order valence-electron chi connectivity index (χ2n) is 7.45. The molecule has 1 rings (SSSR count). The van der Waals surface area contributed by atoms with Gasteiger partial charge in [0.2, 0.25) is 5.91 Å². The smallest absolute Gasteiger partial charge is 0.254 e. The number of amides is 2. The summed E-state index contributed by atoms with van der Waals surface area (Å²) in [6, 6.07) is 2.82. The predicted molar refractivity (Wildman–Crippen MR) is 96.6 cm³/mol. The fourth-order valence-electron chi connectivity index (χ4n) is 2.55. The maximum Gasteiger partial charge on any atom is 0.254 e. The Labute approximate surface area is 145 Å². The molecule has 2 amide bonds. The van der Waals surface area contributed by atoms with Gasteiger partial charge in [-0.1, -0.05) is 40.7 Å². The molecule has 5 nitrogen and oxygen atoms in total. The van der Waals surface area contributed by atoms with Crippen LogP contribution in [0.4, 0.5) is 0 Å². The lowest BCUT2D eigenvalue weighted by molar-refractivity contribution is -0.127. The van der Waals surface area contributed by atoms with E-state index in [1.165, 1.54) is 0 Å². The number of nitrogens with one attached hydrogen (secondary N) is 1. The summed E-state index contributed by atoms with van der Waals surface area (Å²) in [5.41, 5.74) is 0.408. The van der Waals surface area contributed by atoms with E-state index in [1.807, 2.05) is 13.8 Å². The van der Waals surface area contributed by atoms with Crippen LogP contribution in [0.1, 0.15) is 45.0 Å². The average Bonchev–Trinajstić information content (AvgIpc) is 2.50. The number of nitrogens with zero attached hydrogens (tertiary/aromatic N) is 2. The van der Waals surface area contributed by atoms with Gasteiger partial charge in [0.25, 0.3) is 5.91 Å². The molecule has 0 saturated carbocycles. The highest BCUT2D eigenvalue weighted by molar-refractivity contribution is 5.97. The molecule has 0 fully saturated rings. The van der Waals surface area contributed by atoms with Crippen molar-refractivity contribution in [2.75, 3.05) is 13.1 Å². The van der Waals surface area contributed by atoms with Crippen molar-refractivity contribution >= 4 is 11.8 Å². The standard InChI is InChI=1S/C19H29N3O2/c1-7-10-21-17(23)16(14(2)3)22(13-19(4,5)6)18(24)15-8-11-20-12-9-15/h7-9,11-12,14,16H,1,10,13H2,2-6H3,(H,21,23). The van der Waals surface area contributed by atoms with Gasteiger partial charge in [0.1, 0.15) is 6.04 Å². The van der Waals surface area contributed by atoms with Crippen LogP contribution in [0.15, 0.2) is 37.2 Å². The number of pyridine rings is 1. The van der Waals surface area contributed by atoms with E-state index < -0.39 is 6.04 Å². The molecule has 132 valence electrons. The summed E-state index contributed by atoms with van der Waals surface area (Å²) >= 11 is 0. The van der Waals surface area contributed by atoms with Crippen molar-refractivity contribution in [2.24, 2.45) is 11.3 Å². The number of hydrogen-bond acceptors (Lipinski definition) is 3. The molecular formula is C19H29N3O2. The Balaban J connectivity index is 3.20. The first kappa shape index (κ1) is 19.9. The predicted octanol–water partition coefficient (Wildman–Crippen LogP) is 2.90. The molecule has 1 aromatic heterocycles. The van der Waals surface area contributed by atoms with Crippen molar-refractivity contribution in [1.82, 2.24) is 15.2 Å². The van der Waals surface area contributed by atoms with Crippen LogP contribution < -0.4 is 5.32 Å². The lowest BCUT2D eigenvalue weighted by Gasteiger charge is -2.37. The second-order valence-corrected chi connectivity index (χ2v) is 7.45. The van der Waals surface area contributed by atoms with Crippen molar-refractivity contribution in [3.8, 4) is 0 Å². The fraction of sp³-hybridized carbons (Fsp3) is 0.526. The van der Waals surface area contributed by atoms with Gasteiger partial charge >= 0.3 is 0 Å². The van der Waals surface area contributed by atoms with Gasteiger partial charge in [-0.3, -0.25) is 14.6 Å². The molecule has 0 aliphatic rings. The van der Waals surface area contributed by atoms with Crippen molar-refractivity contribution in [3.63, 3.8) is 0 Å². The van der Waals surface area contributed by atoms with Crippen molar-refractivity contribution in [2.45, 2.75) is 40.7 Å². The highest BCUT2D eigenvalue weighted by atomic mass is 16.2. The quantitative estimate of drug-likeness (QED) is 0.782. The lowest BCUT2D eigenvalue weighted by atomic mass is 9.92. The van der Waals surface area contributed by atoms with E-state index in [2.05, 4.69) is 37.7 Å². The van der Waals surface area contributed by atoms with Gasteiger partial charge in [0, 0.05) is 31.0 Å². The van der Waals surface area contributed by atoms with E-state index in [0.29, 0.717) is 18.7 Å². The normalized spacial score (nSPS) is 12.6. The Bertz CT molecular complexity index is 562. The minimum atomic E-state index is -0.537. The average molecular weight is 331 g/mol. The van der Waals surface area contributed by atoms with Gasteiger partial charge in [0.15, 0.2) is 0 Å². The van der Waals surface area contributed by atoms with Crippen LogP contribution in [-0.2, 0) is 4.79 Å². The Morgan fingerprint density at radius 2 is 1.88 bits per heavy atom. The summed E-state index contributed by atoms with van der Waals surface area (Å²) in [6.07, 6.45) is 4.81. The summed E-state index contributed by atoms with van der Waals surface area (Å²) in [7, 11) is 0. The van der Waals surface area contributed by atoms with E-state index in [-0.39, 0.29) is 23.1 Å². The van der Waals surface area contributed by atoms with Crippen LogP contribution in [0.25, 0.3) is 0 Å². The summed E-state index contributed by atoms with van der Waals surface area (Å²) < 4.78 is 0. The monoisotopic (exact) mass is 331 g/mol. The first-order valence-electron chi connectivity index (χ1n) is 8.27. The zero-order chi connectivity index (χ0) is 18.3.